The average molecular weight is 156 g/mol. The van der Waals surface area contributed by atoms with Gasteiger partial charge >= 0.3 is 0 Å². The monoisotopic (exact) mass is 156 g/mol. The van der Waals surface area contributed by atoms with Gasteiger partial charge in [0.2, 0.25) is 0 Å². The second kappa shape index (κ2) is 6.10. The van der Waals surface area contributed by atoms with Crippen molar-refractivity contribution in [2.24, 2.45) is 0 Å². The molecule has 0 atom stereocenters. The second-order valence-corrected chi connectivity index (χ2v) is 2.78. The summed E-state index contributed by atoms with van der Waals surface area (Å²) in [5.41, 5.74) is 1.13. The summed E-state index contributed by atoms with van der Waals surface area (Å²) >= 11 is 0. The predicted octanol–water partition coefficient (Wildman–Crippen LogP) is 1.95. The van der Waals surface area contributed by atoms with Gasteiger partial charge in [-0.25, -0.2) is 0 Å². The van der Waals surface area contributed by atoms with Crippen molar-refractivity contribution in [3.8, 4) is 0 Å². The van der Waals surface area contributed by atoms with E-state index in [-0.39, 0.29) is 12.4 Å². The molecule has 0 aliphatic heterocycles. The number of allylic oxidation sites excluding steroid dienone is 1. The maximum atomic E-state index is 10.9. The predicted molar refractivity (Wildman–Crippen MR) is 45.5 cm³/mol. The van der Waals surface area contributed by atoms with Crippen molar-refractivity contribution in [1.82, 2.24) is 0 Å². The first-order valence-electron chi connectivity index (χ1n) is 3.82. The van der Waals surface area contributed by atoms with Crippen LogP contribution in [0, 0.1) is 0 Å². The van der Waals surface area contributed by atoms with Gasteiger partial charge in [-0.15, -0.1) is 6.58 Å². The fraction of sp³-hybridized carbons (Fsp3) is 0.667. The van der Waals surface area contributed by atoms with E-state index in [0.717, 1.165) is 18.4 Å². The molecule has 0 fully saturated rings. The number of carbonyl (C=O) groups excluding carboxylic acids is 1. The summed E-state index contributed by atoms with van der Waals surface area (Å²) in [7, 11) is 1.54. The molecule has 0 aromatic rings. The Balaban J connectivity index is 3.24. The Labute approximate surface area is 68.2 Å². The van der Waals surface area contributed by atoms with Gasteiger partial charge in [-0.05, 0) is 19.8 Å². The standard InChI is InChI=1S/C9H16O2/c1-8(2)5-4-6-9(10)7-11-3/h1,4-7H2,2-3H3. The van der Waals surface area contributed by atoms with Crippen molar-refractivity contribution in [3.05, 3.63) is 12.2 Å². The van der Waals surface area contributed by atoms with Gasteiger partial charge in [-0.3, -0.25) is 4.79 Å². The van der Waals surface area contributed by atoms with E-state index in [1.807, 2.05) is 6.92 Å². The minimum absolute atomic E-state index is 0.175. The Bertz CT molecular complexity index is 138. The SMILES string of the molecule is C=C(C)CCCC(=O)COC. The van der Waals surface area contributed by atoms with Gasteiger partial charge in [0.1, 0.15) is 6.61 Å². The highest BCUT2D eigenvalue weighted by Gasteiger charge is 1.99. The van der Waals surface area contributed by atoms with Crippen LogP contribution in [-0.2, 0) is 9.53 Å². The quantitative estimate of drug-likeness (QED) is 0.549. The van der Waals surface area contributed by atoms with Crippen molar-refractivity contribution in [3.63, 3.8) is 0 Å². The first-order valence-corrected chi connectivity index (χ1v) is 3.82. The molecule has 0 spiro atoms. The molecule has 0 heterocycles. The van der Waals surface area contributed by atoms with Crippen molar-refractivity contribution in [2.75, 3.05) is 13.7 Å². The van der Waals surface area contributed by atoms with Crippen LogP contribution < -0.4 is 0 Å². The first-order chi connectivity index (χ1) is 5.16. The highest BCUT2D eigenvalue weighted by Crippen LogP contribution is 2.03. The zero-order chi connectivity index (χ0) is 8.69. The van der Waals surface area contributed by atoms with E-state index in [4.69, 9.17) is 0 Å². The van der Waals surface area contributed by atoms with Crippen LogP contribution in [0.1, 0.15) is 26.2 Å². The van der Waals surface area contributed by atoms with E-state index in [1.165, 1.54) is 7.11 Å². The van der Waals surface area contributed by atoms with Crippen LogP contribution in [0.3, 0.4) is 0 Å². The van der Waals surface area contributed by atoms with Crippen LogP contribution in [0.15, 0.2) is 12.2 Å². The second-order valence-electron chi connectivity index (χ2n) is 2.78. The molecule has 0 saturated carbocycles. The number of ether oxygens (including phenoxy) is 1. The van der Waals surface area contributed by atoms with Crippen molar-refractivity contribution < 1.29 is 9.53 Å². The van der Waals surface area contributed by atoms with Gasteiger partial charge in [0, 0.05) is 13.5 Å². The molecule has 0 radical (unpaired) electrons. The fourth-order valence-corrected chi connectivity index (χ4v) is 0.820. The van der Waals surface area contributed by atoms with E-state index in [2.05, 4.69) is 11.3 Å². The Morgan fingerprint density at radius 1 is 1.45 bits per heavy atom. The van der Waals surface area contributed by atoms with Crippen molar-refractivity contribution in [1.29, 1.82) is 0 Å². The Kier molecular flexibility index (Phi) is 5.75. The van der Waals surface area contributed by atoms with Crippen LogP contribution in [0.4, 0.5) is 0 Å². The maximum absolute atomic E-state index is 10.9. The third kappa shape index (κ3) is 7.26. The lowest BCUT2D eigenvalue weighted by Crippen LogP contribution is -2.05. The van der Waals surface area contributed by atoms with Gasteiger partial charge in [0.15, 0.2) is 5.78 Å². The summed E-state index contributed by atoms with van der Waals surface area (Å²) in [5, 5.41) is 0. The van der Waals surface area contributed by atoms with Crippen LogP contribution in [0.2, 0.25) is 0 Å². The number of hydrogen-bond donors (Lipinski definition) is 0. The summed E-state index contributed by atoms with van der Waals surface area (Å²) in [6.45, 7) is 5.97. The number of ketones is 1. The van der Waals surface area contributed by atoms with Gasteiger partial charge in [0.25, 0.3) is 0 Å². The third-order valence-electron chi connectivity index (χ3n) is 1.36. The summed E-state index contributed by atoms with van der Waals surface area (Å²) < 4.78 is 4.69. The van der Waals surface area contributed by atoms with E-state index < -0.39 is 0 Å². The zero-order valence-corrected chi connectivity index (χ0v) is 7.35. The molecular formula is C9H16O2. The number of Topliss-reactive ketones (excluding diaryl/α,β-unsaturated/α-hetero) is 1. The Hall–Kier alpha value is -0.630. The smallest absolute Gasteiger partial charge is 0.158 e. The molecule has 0 saturated heterocycles. The molecule has 0 amide bonds. The number of rotatable bonds is 6. The van der Waals surface area contributed by atoms with Crippen LogP contribution in [0.5, 0.6) is 0 Å². The summed E-state index contributed by atoms with van der Waals surface area (Å²) in [6.07, 6.45) is 2.45. The van der Waals surface area contributed by atoms with E-state index in [0.29, 0.717) is 6.42 Å². The number of carbonyl (C=O) groups is 1. The van der Waals surface area contributed by atoms with Crippen molar-refractivity contribution in [2.45, 2.75) is 26.2 Å². The highest BCUT2D eigenvalue weighted by atomic mass is 16.5. The van der Waals surface area contributed by atoms with Gasteiger partial charge < -0.3 is 4.74 Å². The van der Waals surface area contributed by atoms with Crippen molar-refractivity contribution >= 4 is 5.78 Å². The molecule has 2 heteroatoms. The minimum Gasteiger partial charge on any atom is -0.377 e. The topological polar surface area (TPSA) is 26.3 Å². The lowest BCUT2D eigenvalue weighted by Gasteiger charge is -1.98. The largest absolute Gasteiger partial charge is 0.377 e. The Morgan fingerprint density at radius 2 is 2.09 bits per heavy atom. The fourth-order valence-electron chi connectivity index (χ4n) is 0.820. The zero-order valence-electron chi connectivity index (χ0n) is 7.35. The minimum atomic E-state index is 0.175. The summed E-state index contributed by atoms with van der Waals surface area (Å²) in [6, 6.07) is 0. The molecule has 0 N–H and O–H groups in total. The average Bonchev–Trinajstić information content (AvgIpc) is 1.87. The van der Waals surface area contributed by atoms with Gasteiger partial charge in [0.05, 0.1) is 0 Å². The van der Waals surface area contributed by atoms with E-state index in [9.17, 15) is 4.79 Å². The lowest BCUT2D eigenvalue weighted by atomic mass is 10.1. The van der Waals surface area contributed by atoms with E-state index >= 15 is 0 Å². The summed E-state index contributed by atoms with van der Waals surface area (Å²) in [4.78, 5) is 10.9. The molecule has 0 aromatic carbocycles. The van der Waals surface area contributed by atoms with Crippen LogP contribution in [-0.4, -0.2) is 19.5 Å². The van der Waals surface area contributed by atoms with Crippen LogP contribution >= 0.6 is 0 Å². The molecule has 0 rings (SSSR count). The molecule has 0 aliphatic carbocycles. The Morgan fingerprint density at radius 3 is 2.55 bits per heavy atom. The van der Waals surface area contributed by atoms with Gasteiger partial charge in [-0.2, -0.15) is 0 Å². The molecule has 11 heavy (non-hydrogen) atoms. The van der Waals surface area contributed by atoms with Gasteiger partial charge in [-0.1, -0.05) is 5.57 Å². The van der Waals surface area contributed by atoms with E-state index in [1.54, 1.807) is 0 Å². The molecule has 0 unspecified atom stereocenters. The molecule has 0 bridgehead atoms. The first kappa shape index (κ1) is 10.4. The summed E-state index contributed by atoms with van der Waals surface area (Å²) in [5.74, 6) is 0.175. The van der Waals surface area contributed by atoms with Crippen LogP contribution in [0.25, 0.3) is 0 Å². The molecular weight excluding hydrogens is 140 g/mol. The molecule has 2 nitrogen and oxygen atoms in total. The molecule has 0 aromatic heterocycles. The highest BCUT2D eigenvalue weighted by molar-refractivity contribution is 5.79. The molecule has 0 aliphatic rings. The normalized spacial score (nSPS) is 9.64. The molecule has 64 valence electrons. The lowest BCUT2D eigenvalue weighted by molar-refractivity contribution is -0.122. The number of methoxy groups -OCH3 is 1. The maximum Gasteiger partial charge on any atom is 0.158 e. The number of hydrogen-bond acceptors (Lipinski definition) is 2. The third-order valence-corrected chi connectivity index (χ3v) is 1.36.